The summed E-state index contributed by atoms with van der Waals surface area (Å²) in [6.45, 7) is 32.4. The lowest BCUT2D eigenvalue weighted by Gasteiger charge is -2.26. The molecule has 2 heteroatoms. The van der Waals surface area contributed by atoms with Crippen molar-refractivity contribution in [2.45, 2.75) is 96.9 Å². The first-order valence-corrected chi connectivity index (χ1v) is 14.4. The number of hydrogen-bond donors (Lipinski definition) is 0. The van der Waals surface area contributed by atoms with Crippen LogP contribution in [0.2, 0.25) is 0 Å². The summed E-state index contributed by atoms with van der Waals surface area (Å²) >= 11 is 0. The van der Waals surface area contributed by atoms with Crippen molar-refractivity contribution in [2.24, 2.45) is 7.05 Å². The minimum absolute atomic E-state index is 1.35. The fourth-order valence-corrected chi connectivity index (χ4v) is 7.68. The number of hydrogen-bond acceptors (Lipinski definition) is 0. The zero-order valence-corrected chi connectivity index (χ0v) is 27.0. The van der Waals surface area contributed by atoms with Gasteiger partial charge in [-0.2, -0.15) is 0 Å². The van der Waals surface area contributed by atoms with E-state index in [-0.39, 0.29) is 0 Å². The topological polar surface area (TPSA) is 9.86 Å². The molecule has 0 atom stereocenters. The molecule has 2 nitrogen and oxygen atoms in total. The standard InChI is InChI=1S/C37H46N2/c1-17-16-38(15)36-27(11)23(7)33(29(13)31(17)36)32-21(5)25(9)35(26(10)22(32)6)39-30(14)28(12)34-20(4)18(2)19(3)24(8)37(34)39/h16H,1-15H3. The first-order valence-electron chi connectivity index (χ1n) is 14.4. The molecule has 0 spiro atoms. The largest absolute Gasteiger partial charge is 0.350 e. The van der Waals surface area contributed by atoms with Gasteiger partial charge >= 0.3 is 0 Å². The van der Waals surface area contributed by atoms with E-state index < -0.39 is 0 Å². The third-order valence-electron chi connectivity index (χ3n) is 10.6. The first kappa shape index (κ1) is 27.3. The summed E-state index contributed by atoms with van der Waals surface area (Å²) in [5.74, 6) is 0. The summed E-state index contributed by atoms with van der Waals surface area (Å²) < 4.78 is 4.89. The molecule has 204 valence electrons. The molecule has 0 radical (unpaired) electrons. The predicted octanol–water partition coefficient (Wildman–Crippen LogP) is 10.1. The van der Waals surface area contributed by atoms with Gasteiger partial charge < -0.3 is 9.13 Å². The Kier molecular flexibility index (Phi) is 6.22. The molecule has 2 heterocycles. The Labute approximate surface area is 235 Å². The predicted molar refractivity (Wildman–Crippen MR) is 172 cm³/mol. The SMILES string of the molecule is Cc1c(C)c(-n2c(C)c(C)c3c(C)c(C)c(C)c(C)c32)c(C)c(C)c1-c1c(C)c(C)c2c(c(C)cn2C)c1C. The molecule has 0 aliphatic heterocycles. The first-order chi connectivity index (χ1) is 18.1. The van der Waals surface area contributed by atoms with Crippen molar-refractivity contribution in [3.63, 3.8) is 0 Å². The van der Waals surface area contributed by atoms with Gasteiger partial charge in [0, 0.05) is 29.7 Å². The molecule has 0 bridgehead atoms. The molecule has 0 saturated heterocycles. The zero-order valence-electron chi connectivity index (χ0n) is 27.0. The third kappa shape index (κ3) is 3.39. The lowest BCUT2D eigenvalue weighted by atomic mass is 9.82. The van der Waals surface area contributed by atoms with Gasteiger partial charge in [0.05, 0.1) is 16.7 Å². The Morgan fingerprint density at radius 1 is 0.410 bits per heavy atom. The molecule has 0 fully saturated rings. The maximum Gasteiger partial charge on any atom is 0.0569 e. The highest BCUT2D eigenvalue weighted by molar-refractivity contribution is 5.99. The normalized spacial score (nSPS) is 12.0. The highest BCUT2D eigenvalue weighted by Crippen LogP contribution is 2.45. The van der Waals surface area contributed by atoms with Crippen LogP contribution in [0.4, 0.5) is 0 Å². The van der Waals surface area contributed by atoms with Gasteiger partial charge in [-0.1, -0.05) is 0 Å². The average Bonchev–Trinajstić information content (AvgIpc) is 3.33. The number of benzene rings is 3. The maximum atomic E-state index is 2.59. The second-order valence-electron chi connectivity index (χ2n) is 12.4. The summed E-state index contributed by atoms with van der Waals surface area (Å²) in [5.41, 5.74) is 26.4. The molecule has 5 rings (SSSR count). The Hall–Kier alpha value is -3.26. The Morgan fingerprint density at radius 2 is 0.872 bits per heavy atom. The van der Waals surface area contributed by atoms with E-state index in [9.17, 15) is 0 Å². The van der Waals surface area contributed by atoms with Crippen LogP contribution in [0.1, 0.15) is 78.0 Å². The van der Waals surface area contributed by atoms with Gasteiger partial charge in [0.1, 0.15) is 0 Å². The molecular formula is C37H46N2. The quantitative estimate of drug-likeness (QED) is 0.220. The van der Waals surface area contributed by atoms with Crippen molar-refractivity contribution in [3.8, 4) is 16.8 Å². The van der Waals surface area contributed by atoms with Crippen LogP contribution < -0.4 is 0 Å². The summed E-state index contributed by atoms with van der Waals surface area (Å²) in [6, 6.07) is 0. The van der Waals surface area contributed by atoms with Gasteiger partial charge in [0.15, 0.2) is 0 Å². The monoisotopic (exact) mass is 518 g/mol. The fraction of sp³-hybridized carbons (Fsp3) is 0.405. The number of nitrogens with zero attached hydrogens (tertiary/aromatic N) is 2. The van der Waals surface area contributed by atoms with E-state index in [1.165, 1.54) is 117 Å². The van der Waals surface area contributed by atoms with E-state index in [4.69, 9.17) is 0 Å². The third-order valence-corrected chi connectivity index (χ3v) is 10.6. The second-order valence-corrected chi connectivity index (χ2v) is 12.4. The van der Waals surface area contributed by atoms with Crippen LogP contribution in [-0.2, 0) is 7.05 Å². The molecule has 39 heavy (non-hydrogen) atoms. The smallest absolute Gasteiger partial charge is 0.0569 e. The van der Waals surface area contributed by atoms with Gasteiger partial charge in [0.2, 0.25) is 0 Å². The number of rotatable bonds is 2. The van der Waals surface area contributed by atoms with Crippen LogP contribution in [0.5, 0.6) is 0 Å². The zero-order chi connectivity index (χ0) is 29.0. The van der Waals surface area contributed by atoms with E-state index in [1.54, 1.807) is 0 Å². The fourth-order valence-electron chi connectivity index (χ4n) is 7.68. The number of aryl methyl sites for hydroxylation is 7. The molecule has 0 saturated carbocycles. The molecule has 0 aliphatic rings. The second kappa shape index (κ2) is 8.88. The summed E-state index contributed by atoms with van der Waals surface area (Å²) in [4.78, 5) is 0. The highest BCUT2D eigenvalue weighted by Gasteiger charge is 2.26. The van der Waals surface area contributed by atoms with Gasteiger partial charge in [-0.25, -0.2) is 0 Å². The van der Waals surface area contributed by atoms with Crippen molar-refractivity contribution in [3.05, 3.63) is 84.2 Å². The number of fused-ring (bicyclic) bond motifs is 2. The Morgan fingerprint density at radius 3 is 1.44 bits per heavy atom. The average molecular weight is 519 g/mol. The van der Waals surface area contributed by atoms with Gasteiger partial charge in [-0.05, 0) is 180 Å². The molecule has 2 aromatic heterocycles. The van der Waals surface area contributed by atoms with Crippen LogP contribution in [0.3, 0.4) is 0 Å². The summed E-state index contributed by atoms with van der Waals surface area (Å²) in [6.07, 6.45) is 2.28. The Balaban J connectivity index is 1.94. The molecular weight excluding hydrogens is 472 g/mol. The van der Waals surface area contributed by atoms with Crippen molar-refractivity contribution in [1.82, 2.24) is 9.13 Å². The van der Waals surface area contributed by atoms with Crippen LogP contribution in [0.15, 0.2) is 6.20 Å². The lowest BCUT2D eigenvalue weighted by Crippen LogP contribution is -2.10. The van der Waals surface area contributed by atoms with Crippen molar-refractivity contribution >= 4 is 21.8 Å². The minimum atomic E-state index is 1.35. The molecule has 3 aromatic carbocycles. The molecule has 0 N–H and O–H groups in total. The van der Waals surface area contributed by atoms with Crippen LogP contribution >= 0.6 is 0 Å². The van der Waals surface area contributed by atoms with Crippen molar-refractivity contribution in [2.75, 3.05) is 0 Å². The van der Waals surface area contributed by atoms with Crippen LogP contribution in [0, 0.1) is 96.9 Å². The van der Waals surface area contributed by atoms with Crippen molar-refractivity contribution in [1.29, 1.82) is 0 Å². The van der Waals surface area contributed by atoms with E-state index in [0.29, 0.717) is 0 Å². The Bertz CT molecular complexity index is 1850. The van der Waals surface area contributed by atoms with E-state index in [1.807, 2.05) is 0 Å². The number of aromatic nitrogens is 2. The molecule has 5 aromatic rings. The van der Waals surface area contributed by atoms with E-state index >= 15 is 0 Å². The lowest BCUT2D eigenvalue weighted by molar-refractivity contribution is 0.957. The van der Waals surface area contributed by atoms with Crippen LogP contribution in [0.25, 0.3) is 38.6 Å². The summed E-state index contributed by atoms with van der Waals surface area (Å²) in [5, 5.41) is 2.84. The van der Waals surface area contributed by atoms with E-state index in [2.05, 4.69) is 119 Å². The van der Waals surface area contributed by atoms with Crippen molar-refractivity contribution < 1.29 is 0 Å². The molecule has 0 amide bonds. The van der Waals surface area contributed by atoms with E-state index in [0.717, 1.165) is 0 Å². The molecule has 0 aliphatic carbocycles. The van der Waals surface area contributed by atoms with Gasteiger partial charge in [-0.3, -0.25) is 0 Å². The minimum Gasteiger partial charge on any atom is -0.350 e. The molecule has 0 unspecified atom stereocenters. The van der Waals surface area contributed by atoms with Crippen LogP contribution in [-0.4, -0.2) is 9.13 Å². The summed E-state index contributed by atoms with van der Waals surface area (Å²) in [7, 11) is 2.18. The maximum absolute atomic E-state index is 2.59. The van der Waals surface area contributed by atoms with Gasteiger partial charge in [0.25, 0.3) is 0 Å². The highest BCUT2D eigenvalue weighted by atomic mass is 15.0. The van der Waals surface area contributed by atoms with Gasteiger partial charge in [-0.15, -0.1) is 0 Å².